The van der Waals surface area contributed by atoms with Crippen LogP contribution < -0.4 is 11.5 Å². The summed E-state index contributed by atoms with van der Waals surface area (Å²) in [7, 11) is 0. The molecule has 0 saturated heterocycles. The van der Waals surface area contributed by atoms with Gasteiger partial charge in [0.05, 0.1) is 5.02 Å². The number of rotatable bonds is 4. The molecule has 0 aliphatic heterocycles. The molecule has 4 N–H and O–H groups in total. The van der Waals surface area contributed by atoms with Crippen LogP contribution in [0.15, 0.2) is 12.1 Å². The van der Waals surface area contributed by atoms with Crippen molar-refractivity contribution in [2.24, 2.45) is 11.5 Å². The molecule has 84 valence electrons. The van der Waals surface area contributed by atoms with Crippen molar-refractivity contribution < 1.29 is 8.78 Å². The van der Waals surface area contributed by atoms with Gasteiger partial charge in [-0.1, -0.05) is 11.6 Å². The Kier molecular flexibility index (Phi) is 4.45. The van der Waals surface area contributed by atoms with E-state index in [-0.39, 0.29) is 10.6 Å². The van der Waals surface area contributed by atoms with Crippen molar-refractivity contribution in [2.75, 3.05) is 6.54 Å². The van der Waals surface area contributed by atoms with E-state index in [0.29, 0.717) is 19.4 Å². The van der Waals surface area contributed by atoms with Gasteiger partial charge in [0.15, 0.2) is 0 Å². The summed E-state index contributed by atoms with van der Waals surface area (Å²) < 4.78 is 26.8. The Morgan fingerprint density at radius 1 is 1.33 bits per heavy atom. The predicted molar refractivity (Wildman–Crippen MR) is 56.6 cm³/mol. The van der Waals surface area contributed by atoms with Gasteiger partial charge in [0.1, 0.15) is 11.6 Å². The Morgan fingerprint density at radius 3 is 2.60 bits per heavy atom. The van der Waals surface area contributed by atoms with Crippen LogP contribution in [0.3, 0.4) is 0 Å². The molecule has 2 nitrogen and oxygen atoms in total. The van der Waals surface area contributed by atoms with E-state index in [1.807, 2.05) is 0 Å². The second kappa shape index (κ2) is 5.39. The van der Waals surface area contributed by atoms with Crippen LogP contribution in [-0.2, 0) is 0 Å². The lowest BCUT2D eigenvalue weighted by atomic mass is 10.0. The minimum absolute atomic E-state index is 0.116. The van der Waals surface area contributed by atoms with Crippen LogP contribution in [0, 0.1) is 11.6 Å². The van der Waals surface area contributed by atoms with Gasteiger partial charge in [0.25, 0.3) is 0 Å². The van der Waals surface area contributed by atoms with Gasteiger partial charge in [-0.05, 0) is 31.5 Å². The molecule has 0 aromatic heterocycles. The van der Waals surface area contributed by atoms with Gasteiger partial charge in [-0.3, -0.25) is 0 Å². The summed E-state index contributed by atoms with van der Waals surface area (Å²) in [6.45, 7) is 0.442. The first-order chi connectivity index (χ1) is 7.07. The third kappa shape index (κ3) is 2.87. The zero-order valence-electron chi connectivity index (χ0n) is 8.14. The van der Waals surface area contributed by atoms with Crippen molar-refractivity contribution in [1.82, 2.24) is 0 Å². The van der Waals surface area contributed by atoms with Crippen LogP contribution in [-0.4, -0.2) is 6.54 Å². The predicted octanol–water partition coefficient (Wildman–Crippen LogP) is 2.36. The molecule has 0 radical (unpaired) electrons. The average molecular weight is 235 g/mol. The van der Waals surface area contributed by atoms with Gasteiger partial charge >= 0.3 is 0 Å². The molecule has 1 atom stereocenters. The van der Waals surface area contributed by atoms with E-state index in [2.05, 4.69) is 0 Å². The zero-order chi connectivity index (χ0) is 11.4. The Hall–Kier alpha value is -0.710. The minimum Gasteiger partial charge on any atom is -0.330 e. The molecule has 0 amide bonds. The fourth-order valence-electron chi connectivity index (χ4n) is 1.36. The van der Waals surface area contributed by atoms with Gasteiger partial charge in [-0.2, -0.15) is 0 Å². The minimum atomic E-state index is -0.777. The quantitative estimate of drug-likeness (QED) is 0.786. The van der Waals surface area contributed by atoms with Crippen LogP contribution in [0.1, 0.15) is 24.4 Å². The maximum atomic E-state index is 13.5. The molecular weight excluding hydrogens is 222 g/mol. The van der Waals surface area contributed by atoms with Crippen molar-refractivity contribution in [1.29, 1.82) is 0 Å². The van der Waals surface area contributed by atoms with E-state index in [9.17, 15) is 8.78 Å². The van der Waals surface area contributed by atoms with Crippen LogP contribution in [0.25, 0.3) is 0 Å². The summed E-state index contributed by atoms with van der Waals surface area (Å²) in [5, 5.41) is -0.116. The Bertz CT molecular complexity index is 344. The molecule has 0 spiro atoms. The first kappa shape index (κ1) is 12.4. The van der Waals surface area contributed by atoms with Crippen molar-refractivity contribution in [3.8, 4) is 0 Å². The molecule has 0 fully saturated rings. The van der Waals surface area contributed by atoms with Crippen LogP contribution >= 0.6 is 11.6 Å². The topological polar surface area (TPSA) is 52.0 Å². The molecule has 0 aliphatic carbocycles. The van der Waals surface area contributed by atoms with Gasteiger partial charge in [0, 0.05) is 11.6 Å². The first-order valence-electron chi connectivity index (χ1n) is 4.67. The van der Waals surface area contributed by atoms with E-state index in [0.717, 1.165) is 6.07 Å². The third-order valence-electron chi connectivity index (χ3n) is 2.17. The molecule has 1 aromatic carbocycles. The second-order valence-electron chi connectivity index (χ2n) is 3.29. The monoisotopic (exact) mass is 234 g/mol. The molecule has 5 heteroatoms. The smallest absolute Gasteiger partial charge is 0.149 e. The Balaban J connectivity index is 2.96. The van der Waals surface area contributed by atoms with Crippen molar-refractivity contribution in [3.63, 3.8) is 0 Å². The highest BCUT2D eigenvalue weighted by atomic mass is 35.5. The number of nitrogens with two attached hydrogens (primary N) is 2. The van der Waals surface area contributed by atoms with Crippen molar-refractivity contribution in [2.45, 2.75) is 18.9 Å². The van der Waals surface area contributed by atoms with Crippen LogP contribution in [0.5, 0.6) is 0 Å². The molecule has 1 rings (SSSR count). The molecular formula is C10H13ClF2N2. The lowest BCUT2D eigenvalue weighted by Gasteiger charge is -2.13. The number of halogens is 3. The highest BCUT2D eigenvalue weighted by molar-refractivity contribution is 6.30. The SMILES string of the molecule is NCCC[C@H](N)c1c(F)ccc(Cl)c1F. The Labute approximate surface area is 92.2 Å². The van der Waals surface area contributed by atoms with Crippen molar-refractivity contribution in [3.05, 3.63) is 34.4 Å². The zero-order valence-corrected chi connectivity index (χ0v) is 8.90. The van der Waals surface area contributed by atoms with Gasteiger partial charge in [0.2, 0.25) is 0 Å². The standard InChI is InChI=1S/C10H13ClF2N2/c11-6-3-4-7(12)9(10(6)13)8(15)2-1-5-14/h3-4,8H,1-2,5,14-15H2/t8-/m0/s1. The van der Waals surface area contributed by atoms with Gasteiger partial charge in [-0.15, -0.1) is 0 Å². The van der Waals surface area contributed by atoms with Crippen LogP contribution in [0.2, 0.25) is 5.02 Å². The molecule has 0 unspecified atom stereocenters. The number of hydrogen-bond donors (Lipinski definition) is 2. The van der Waals surface area contributed by atoms with E-state index in [4.69, 9.17) is 23.1 Å². The third-order valence-corrected chi connectivity index (χ3v) is 2.46. The second-order valence-corrected chi connectivity index (χ2v) is 3.70. The highest BCUT2D eigenvalue weighted by Gasteiger charge is 2.18. The lowest BCUT2D eigenvalue weighted by Crippen LogP contribution is -2.16. The van der Waals surface area contributed by atoms with E-state index in [1.165, 1.54) is 6.07 Å². The Morgan fingerprint density at radius 2 is 2.00 bits per heavy atom. The summed E-state index contributed by atoms with van der Waals surface area (Å²) in [5.74, 6) is -1.44. The van der Waals surface area contributed by atoms with E-state index in [1.54, 1.807) is 0 Å². The summed E-state index contributed by atoms with van der Waals surface area (Å²) in [6.07, 6.45) is 1.05. The molecule has 0 aliphatic rings. The molecule has 0 heterocycles. The molecule has 0 bridgehead atoms. The number of hydrogen-bond acceptors (Lipinski definition) is 2. The summed E-state index contributed by atoms with van der Waals surface area (Å²) in [6, 6.07) is 1.58. The molecule has 1 aromatic rings. The van der Waals surface area contributed by atoms with E-state index >= 15 is 0 Å². The largest absolute Gasteiger partial charge is 0.330 e. The fraction of sp³-hybridized carbons (Fsp3) is 0.400. The maximum absolute atomic E-state index is 13.5. The molecule has 15 heavy (non-hydrogen) atoms. The average Bonchev–Trinajstić information content (AvgIpc) is 2.21. The van der Waals surface area contributed by atoms with Gasteiger partial charge in [-0.25, -0.2) is 8.78 Å². The van der Waals surface area contributed by atoms with Crippen LogP contribution in [0.4, 0.5) is 8.78 Å². The van der Waals surface area contributed by atoms with Crippen molar-refractivity contribution >= 4 is 11.6 Å². The lowest BCUT2D eigenvalue weighted by molar-refractivity contribution is 0.506. The number of benzene rings is 1. The first-order valence-corrected chi connectivity index (χ1v) is 5.04. The van der Waals surface area contributed by atoms with E-state index < -0.39 is 17.7 Å². The maximum Gasteiger partial charge on any atom is 0.149 e. The summed E-state index contributed by atoms with van der Waals surface area (Å²) >= 11 is 5.54. The fourth-order valence-corrected chi connectivity index (χ4v) is 1.53. The molecule has 0 saturated carbocycles. The highest BCUT2D eigenvalue weighted by Crippen LogP contribution is 2.27. The normalized spacial score (nSPS) is 12.9. The summed E-state index contributed by atoms with van der Waals surface area (Å²) in [4.78, 5) is 0. The summed E-state index contributed by atoms with van der Waals surface area (Å²) in [5.41, 5.74) is 10.8. The van der Waals surface area contributed by atoms with Gasteiger partial charge < -0.3 is 11.5 Å².